The van der Waals surface area contributed by atoms with Crippen LogP contribution >= 0.6 is 0 Å². The van der Waals surface area contributed by atoms with E-state index in [0.717, 1.165) is 5.56 Å². The fourth-order valence-electron chi connectivity index (χ4n) is 1.45. The van der Waals surface area contributed by atoms with E-state index < -0.39 is 5.82 Å². The number of carbonyl (C=O) groups excluding carboxylic acids is 1. The molecule has 1 aromatic carbocycles. The van der Waals surface area contributed by atoms with Crippen LogP contribution in [0.4, 0.5) is 4.39 Å². The largest absolute Gasteiger partial charge is 0.494 e. The topological polar surface area (TPSA) is 61.5 Å². The molecule has 17 heavy (non-hydrogen) atoms. The number of hydrogen-bond donors (Lipinski definition) is 1. The summed E-state index contributed by atoms with van der Waals surface area (Å²) in [5, 5.41) is 0. The van der Waals surface area contributed by atoms with Gasteiger partial charge in [0.15, 0.2) is 11.6 Å². The average molecular weight is 241 g/mol. The molecule has 0 fully saturated rings. The number of carbonyl (C=O) groups is 1. The van der Waals surface area contributed by atoms with Gasteiger partial charge in [0, 0.05) is 12.5 Å². The third kappa shape index (κ3) is 3.71. The van der Waals surface area contributed by atoms with E-state index in [-0.39, 0.29) is 24.2 Å². The second-order valence-electron chi connectivity index (χ2n) is 3.62. The van der Waals surface area contributed by atoms with Crippen LogP contribution in [0.3, 0.4) is 0 Å². The first-order valence-corrected chi connectivity index (χ1v) is 5.24. The molecule has 1 atom stereocenters. The summed E-state index contributed by atoms with van der Waals surface area (Å²) in [5.41, 5.74) is 6.61. The molecule has 1 rings (SSSR count). The number of hydrogen-bond acceptors (Lipinski definition) is 4. The Labute approximate surface area is 99.5 Å². The summed E-state index contributed by atoms with van der Waals surface area (Å²) in [6.45, 7) is 0. The minimum Gasteiger partial charge on any atom is -0.494 e. The fraction of sp³-hybridized carbons (Fsp3) is 0.417. The minimum atomic E-state index is -0.434. The van der Waals surface area contributed by atoms with Crippen LogP contribution < -0.4 is 10.5 Å². The van der Waals surface area contributed by atoms with Crippen LogP contribution in [-0.2, 0) is 9.53 Å². The Balaban J connectivity index is 2.68. The van der Waals surface area contributed by atoms with Crippen molar-refractivity contribution in [2.45, 2.75) is 18.9 Å². The molecule has 0 amide bonds. The summed E-state index contributed by atoms with van der Waals surface area (Å²) >= 11 is 0. The van der Waals surface area contributed by atoms with Gasteiger partial charge in [0.05, 0.1) is 14.2 Å². The molecule has 1 unspecified atom stereocenters. The maximum atomic E-state index is 13.2. The van der Waals surface area contributed by atoms with Gasteiger partial charge < -0.3 is 15.2 Å². The predicted molar refractivity (Wildman–Crippen MR) is 61.1 cm³/mol. The maximum absolute atomic E-state index is 13.2. The Morgan fingerprint density at radius 3 is 2.76 bits per heavy atom. The maximum Gasteiger partial charge on any atom is 0.305 e. The van der Waals surface area contributed by atoms with Crippen molar-refractivity contribution in [1.29, 1.82) is 0 Å². The predicted octanol–water partition coefficient (Wildman–Crippen LogP) is 1.79. The van der Waals surface area contributed by atoms with Gasteiger partial charge in [-0.25, -0.2) is 4.39 Å². The van der Waals surface area contributed by atoms with Crippen molar-refractivity contribution in [2.24, 2.45) is 5.73 Å². The van der Waals surface area contributed by atoms with E-state index in [1.165, 1.54) is 26.4 Å². The van der Waals surface area contributed by atoms with E-state index in [1.54, 1.807) is 6.07 Å². The van der Waals surface area contributed by atoms with Crippen LogP contribution in [0.2, 0.25) is 0 Å². The molecular weight excluding hydrogens is 225 g/mol. The van der Waals surface area contributed by atoms with Crippen LogP contribution in [-0.4, -0.2) is 20.2 Å². The molecule has 0 saturated carbocycles. The number of ether oxygens (including phenoxy) is 2. The van der Waals surface area contributed by atoms with Crippen molar-refractivity contribution in [3.63, 3.8) is 0 Å². The van der Waals surface area contributed by atoms with Crippen molar-refractivity contribution < 1.29 is 18.7 Å². The number of esters is 1. The fourth-order valence-corrected chi connectivity index (χ4v) is 1.45. The molecule has 0 bridgehead atoms. The Hall–Kier alpha value is -1.62. The molecule has 0 spiro atoms. The van der Waals surface area contributed by atoms with Gasteiger partial charge in [-0.1, -0.05) is 6.07 Å². The lowest BCUT2D eigenvalue weighted by Gasteiger charge is -2.12. The molecule has 94 valence electrons. The number of nitrogens with two attached hydrogens (primary N) is 1. The number of benzene rings is 1. The summed E-state index contributed by atoms with van der Waals surface area (Å²) in [7, 11) is 2.72. The molecule has 0 aliphatic carbocycles. The molecule has 0 aromatic heterocycles. The first kappa shape index (κ1) is 13.4. The van der Waals surface area contributed by atoms with Gasteiger partial charge in [0.25, 0.3) is 0 Å². The highest BCUT2D eigenvalue weighted by Crippen LogP contribution is 2.23. The highest BCUT2D eigenvalue weighted by atomic mass is 19.1. The van der Waals surface area contributed by atoms with Gasteiger partial charge in [0.1, 0.15) is 0 Å². The van der Waals surface area contributed by atoms with Gasteiger partial charge in [-0.2, -0.15) is 0 Å². The van der Waals surface area contributed by atoms with Crippen LogP contribution in [0.1, 0.15) is 24.4 Å². The van der Waals surface area contributed by atoms with Gasteiger partial charge in [-0.05, 0) is 24.1 Å². The Kier molecular flexibility index (Phi) is 4.90. The zero-order chi connectivity index (χ0) is 12.8. The van der Waals surface area contributed by atoms with Crippen LogP contribution in [0.15, 0.2) is 18.2 Å². The lowest BCUT2D eigenvalue weighted by Crippen LogP contribution is -2.13. The van der Waals surface area contributed by atoms with Crippen LogP contribution in [0.5, 0.6) is 5.75 Å². The third-order valence-electron chi connectivity index (χ3n) is 2.49. The molecular formula is C12H16FNO3. The Morgan fingerprint density at radius 1 is 1.47 bits per heavy atom. The van der Waals surface area contributed by atoms with Crippen molar-refractivity contribution in [1.82, 2.24) is 0 Å². The highest BCUT2D eigenvalue weighted by molar-refractivity contribution is 5.69. The Morgan fingerprint density at radius 2 is 2.18 bits per heavy atom. The molecule has 0 aliphatic rings. The standard InChI is InChI=1S/C12H16FNO3/c1-16-11-7-8(3-4-9(11)13)10(14)5-6-12(15)17-2/h3-4,7,10H,5-6,14H2,1-2H3. The minimum absolute atomic E-state index is 0.149. The average Bonchev–Trinajstić information content (AvgIpc) is 2.35. The van der Waals surface area contributed by atoms with Gasteiger partial charge in [0.2, 0.25) is 0 Å². The van der Waals surface area contributed by atoms with Crippen molar-refractivity contribution in [2.75, 3.05) is 14.2 Å². The van der Waals surface area contributed by atoms with Gasteiger partial charge >= 0.3 is 5.97 Å². The molecule has 0 radical (unpaired) electrons. The number of halogens is 1. The van der Waals surface area contributed by atoms with Crippen molar-refractivity contribution in [3.05, 3.63) is 29.6 Å². The van der Waals surface area contributed by atoms with Crippen molar-refractivity contribution >= 4 is 5.97 Å². The van der Waals surface area contributed by atoms with E-state index in [1.807, 2.05) is 0 Å². The quantitative estimate of drug-likeness (QED) is 0.798. The van der Waals surface area contributed by atoms with E-state index in [9.17, 15) is 9.18 Å². The highest BCUT2D eigenvalue weighted by Gasteiger charge is 2.12. The molecule has 0 aliphatic heterocycles. The third-order valence-corrected chi connectivity index (χ3v) is 2.49. The smallest absolute Gasteiger partial charge is 0.305 e. The first-order chi connectivity index (χ1) is 8.08. The van der Waals surface area contributed by atoms with Gasteiger partial charge in [-0.3, -0.25) is 4.79 Å². The van der Waals surface area contributed by atoms with E-state index in [4.69, 9.17) is 10.5 Å². The molecule has 4 nitrogen and oxygen atoms in total. The van der Waals surface area contributed by atoms with E-state index >= 15 is 0 Å². The molecule has 1 aromatic rings. The van der Waals surface area contributed by atoms with Crippen LogP contribution in [0, 0.1) is 5.82 Å². The monoisotopic (exact) mass is 241 g/mol. The zero-order valence-electron chi connectivity index (χ0n) is 9.90. The molecule has 2 N–H and O–H groups in total. The van der Waals surface area contributed by atoms with Gasteiger partial charge in [-0.15, -0.1) is 0 Å². The first-order valence-electron chi connectivity index (χ1n) is 5.24. The second-order valence-corrected chi connectivity index (χ2v) is 3.62. The van der Waals surface area contributed by atoms with E-state index in [0.29, 0.717) is 6.42 Å². The number of rotatable bonds is 5. The lowest BCUT2D eigenvalue weighted by atomic mass is 10.0. The summed E-state index contributed by atoms with van der Waals surface area (Å²) < 4.78 is 22.5. The summed E-state index contributed by atoms with van der Waals surface area (Å²) in [6.07, 6.45) is 0.679. The zero-order valence-corrected chi connectivity index (χ0v) is 9.90. The summed E-state index contributed by atoms with van der Waals surface area (Å²) in [5.74, 6) is -0.595. The molecule has 0 heterocycles. The summed E-state index contributed by atoms with van der Waals surface area (Å²) in [6, 6.07) is 4.08. The SMILES string of the molecule is COC(=O)CCC(N)c1ccc(F)c(OC)c1. The molecule has 0 saturated heterocycles. The lowest BCUT2D eigenvalue weighted by molar-refractivity contribution is -0.140. The summed E-state index contributed by atoms with van der Waals surface area (Å²) in [4.78, 5) is 11.0. The second kappa shape index (κ2) is 6.20. The molecule has 5 heteroatoms. The normalized spacial score (nSPS) is 12.0. The van der Waals surface area contributed by atoms with Crippen LogP contribution in [0.25, 0.3) is 0 Å². The Bertz CT molecular complexity index is 395. The number of methoxy groups -OCH3 is 2. The van der Waals surface area contributed by atoms with Crippen molar-refractivity contribution in [3.8, 4) is 5.75 Å². The van der Waals surface area contributed by atoms with E-state index in [2.05, 4.69) is 4.74 Å².